The summed E-state index contributed by atoms with van der Waals surface area (Å²) >= 11 is 1.73. The van der Waals surface area contributed by atoms with Gasteiger partial charge in [-0.1, -0.05) is 45.0 Å². The maximum absolute atomic E-state index is 4.40. The summed E-state index contributed by atoms with van der Waals surface area (Å²) in [5, 5.41) is 6.82. The van der Waals surface area contributed by atoms with Gasteiger partial charge < -0.3 is 5.32 Å². The first kappa shape index (κ1) is 15.2. The monoisotopic (exact) mass is 288 g/mol. The highest BCUT2D eigenvalue weighted by molar-refractivity contribution is 7.09. The highest BCUT2D eigenvalue weighted by Gasteiger charge is 2.10. The maximum atomic E-state index is 4.40. The number of hydrogen-bond acceptors (Lipinski definition) is 3. The summed E-state index contributed by atoms with van der Waals surface area (Å²) in [5.74, 6) is 0.716. The van der Waals surface area contributed by atoms with Crippen molar-refractivity contribution < 1.29 is 0 Å². The van der Waals surface area contributed by atoms with Crippen molar-refractivity contribution in [2.24, 2.45) is 5.92 Å². The van der Waals surface area contributed by atoms with Crippen LogP contribution in [-0.4, -0.2) is 4.98 Å². The second-order valence-corrected chi connectivity index (χ2v) is 6.55. The first-order chi connectivity index (χ1) is 9.69. The van der Waals surface area contributed by atoms with Crippen LogP contribution in [0.15, 0.2) is 35.8 Å². The number of thiazole rings is 1. The zero-order valence-electron chi connectivity index (χ0n) is 12.6. The fourth-order valence-corrected chi connectivity index (χ4v) is 3.12. The third kappa shape index (κ3) is 4.43. The Morgan fingerprint density at radius 3 is 2.40 bits per heavy atom. The first-order valence-corrected chi connectivity index (χ1v) is 8.27. The van der Waals surface area contributed by atoms with Gasteiger partial charge in [-0.15, -0.1) is 11.3 Å². The van der Waals surface area contributed by atoms with E-state index < -0.39 is 0 Å². The molecule has 2 aromatic rings. The average molecular weight is 288 g/mol. The molecule has 1 heterocycles. The van der Waals surface area contributed by atoms with E-state index in [9.17, 15) is 0 Å². The molecule has 0 fully saturated rings. The lowest BCUT2D eigenvalue weighted by molar-refractivity contribution is 0.516. The van der Waals surface area contributed by atoms with Crippen LogP contribution in [-0.2, 0) is 13.0 Å². The van der Waals surface area contributed by atoms with Gasteiger partial charge in [-0.25, -0.2) is 4.98 Å². The van der Waals surface area contributed by atoms with Gasteiger partial charge in [0.2, 0.25) is 0 Å². The van der Waals surface area contributed by atoms with Crippen molar-refractivity contribution in [3.05, 3.63) is 52.0 Å². The summed E-state index contributed by atoms with van der Waals surface area (Å²) in [5.41, 5.74) is 2.77. The zero-order valence-corrected chi connectivity index (χ0v) is 13.4. The van der Waals surface area contributed by atoms with Crippen LogP contribution in [0.1, 0.15) is 49.4 Å². The van der Waals surface area contributed by atoms with Crippen LogP contribution in [0.25, 0.3) is 0 Å². The van der Waals surface area contributed by atoms with Crippen molar-refractivity contribution in [2.45, 2.75) is 46.2 Å². The van der Waals surface area contributed by atoms with Crippen LogP contribution in [0.4, 0.5) is 0 Å². The van der Waals surface area contributed by atoms with Gasteiger partial charge in [0.1, 0.15) is 5.01 Å². The van der Waals surface area contributed by atoms with E-state index in [2.05, 4.69) is 55.3 Å². The van der Waals surface area contributed by atoms with Gasteiger partial charge in [-0.3, -0.25) is 0 Å². The third-order valence-corrected chi connectivity index (χ3v) is 4.27. The minimum atomic E-state index is 0.366. The van der Waals surface area contributed by atoms with Gasteiger partial charge in [0, 0.05) is 18.1 Å². The molecule has 1 aromatic carbocycles. The molecule has 0 radical (unpaired) electrons. The Kier molecular flexibility index (Phi) is 5.74. The molecule has 0 aliphatic rings. The van der Waals surface area contributed by atoms with Crippen molar-refractivity contribution >= 4 is 11.3 Å². The van der Waals surface area contributed by atoms with Crippen molar-refractivity contribution in [2.75, 3.05) is 0 Å². The van der Waals surface area contributed by atoms with Gasteiger partial charge in [0.15, 0.2) is 0 Å². The summed E-state index contributed by atoms with van der Waals surface area (Å²) in [6, 6.07) is 9.34. The molecule has 0 saturated carbocycles. The zero-order chi connectivity index (χ0) is 14.4. The topological polar surface area (TPSA) is 24.9 Å². The highest BCUT2D eigenvalue weighted by Crippen LogP contribution is 2.19. The molecule has 1 aromatic heterocycles. The first-order valence-electron chi connectivity index (χ1n) is 7.39. The van der Waals surface area contributed by atoms with E-state index >= 15 is 0 Å². The number of aromatic nitrogens is 1. The lowest BCUT2D eigenvalue weighted by Crippen LogP contribution is -2.20. The lowest BCUT2D eigenvalue weighted by atomic mass is 10.0. The summed E-state index contributed by atoms with van der Waals surface area (Å²) in [4.78, 5) is 4.40. The van der Waals surface area contributed by atoms with E-state index in [1.54, 1.807) is 11.3 Å². The Balaban J connectivity index is 1.90. The summed E-state index contributed by atoms with van der Waals surface area (Å²) in [6.07, 6.45) is 4.11. The minimum Gasteiger partial charge on any atom is -0.304 e. The number of hydrogen-bond donors (Lipinski definition) is 1. The van der Waals surface area contributed by atoms with Crippen LogP contribution in [0.2, 0.25) is 0 Å². The molecule has 1 unspecified atom stereocenters. The third-order valence-electron chi connectivity index (χ3n) is 3.38. The number of rotatable bonds is 7. The molecule has 0 aliphatic carbocycles. The Hall–Kier alpha value is -1.19. The SMILES string of the molecule is CCC(NCc1ccc(CC(C)C)cc1)c1nccs1. The lowest BCUT2D eigenvalue weighted by Gasteiger charge is -2.14. The van der Waals surface area contributed by atoms with Gasteiger partial charge in [-0.2, -0.15) is 0 Å². The normalized spacial score (nSPS) is 12.8. The second kappa shape index (κ2) is 7.55. The van der Waals surface area contributed by atoms with Crippen LogP contribution in [0.3, 0.4) is 0 Å². The largest absolute Gasteiger partial charge is 0.304 e. The van der Waals surface area contributed by atoms with Crippen LogP contribution in [0.5, 0.6) is 0 Å². The van der Waals surface area contributed by atoms with Crippen LogP contribution < -0.4 is 5.32 Å². The van der Waals surface area contributed by atoms with Crippen LogP contribution >= 0.6 is 11.3 Å². The molecule has 20 heavy (non-hydrogen) atoms. The predicted molar refractivity (Wildman–Crippen MR) is 87.0 cm³/mol. The molecule has 0 spiro atoms. The molecule has 1 N–H and O–H groups in total. The highest BCUT2D eigenvalue weighted by atomic mass is 32.1. The van der Waals surface area contributed by atoms with E-state index in [0.717, 1.165) is 19.4 Å². The Morgan fingerprint density at radius 1 is 1.15 bits per heavy atom. The van der Waals surface area contributed by atoms with E-state index in [1.807, 2.05) is 11.6 Å². The van der Waals surface area contributed by atoms with E-state index in [0.29, 0.717) is 12.0 Å². The number of nitrogens with one attached hydrogen (secondary N) is 1. The predicted octanol–water partition coefficient (Wildman–Crippen LogP) is 4.58. The van der Waals surface area contributed by atoms with Gasteiger partial charge in [-0.05, 0) is 29.9 Å². The molecular formula is C17H24N2S. The molecule has 3 heteroatoms. The second-order valence-electron chi connectivity index (χ2n) is 5.63. The molecule has 0 aliphatic heterocycles. The van der Waals surface area contributed by atoms with Crippen molar-refractivity contribution in [1.82, 2.24) is 10.3 Å². The van der Waals surface area contributed by atoms with E-state index in [4.69, 9.17) is 0 Å². The summed E-state index contributed by atoms with van der Waals surface area (Å²) in [6.45, 7) is 7.62. The Morgan fingerprint density at radius 2 is 1.85 bits per heavy atom. The fraction of sp³-hybridized carbons (Fsp3) is 0.471. The Bertz CT molecular complexity index is 488. The molecule has 0 saturated heterocycles. The van der Waals surface area contributed by atoms with Crippen molar-refractivity contribution in [3.8, 4) is 0 Å². The van der Waals surface area contributed by atoms with Gasteiger partial charge >= 0.3 is 0 Å². The minimum absolute atomic E-state index is 0.366. The molecule has 108 valence electrons. The standard InChI is InChI=1S/C17H24N2S/c1-4-16(17-18-9-10-20-17)19-12-15-7-5-14(6-8-15)11-13(2)3/h5-10,13,16,19H,4,11-12H2,1-3H3. The maximum Gasteiger partial charge on any atom is 0.109 e. The van der Waals surface area contributed by atoms with E-state index in [1.165, 1.54) is 16.1 Å². The number of nitrogens with zero attached hydrogens (tertiary/aromatic N) is 1. The van der Waals surface area contributed by atoms with Gasteiger partial charge in [0.05, 0.1) is 6.04 Å². The molecule has 2 nitrogen and oxygen atoms in total. The summed E-state index contributed by atoms with van der Waals surface area (Å²) < 4.78 is 0. The quantitative estimate of drug-likeness (QED) is 0.806. The van der Waals surface area contributed by atoms with Crippen molar-refractivity contribution in [3.63, 3.8) is 0 Å². The average Bonchev–Trinajstić information content (AvgIpc) is 2.95. The molecule has 0 amide bonds. The molecule has 2 rings (SSSR count). The van der Waals surface area contributed by atoms with E-state index in [-0.39, 0.29) is 0 Å². The summed E-state index contributed by atoms with van der Waals surface area (Å²) in [7, 11) is 0. The van der Waals surface area contributed by atoms with Crippen molar-refractivity contribution in [1.29, 1.82) is 0 Å². The van der Waals surface area contributed by atoms with Crippen LogP contribution in [0, 0.1) is 5.92 Å². The smallest absolute Gasteiger partial charge is 0.109 e. The number of benzene rings is 1. The molecular weight excluding hydrogens is 264 g/mol. The Labute approximate surface area is 126 Å². The molecule has 1 atom stereocenters. The fourth-order valence-electron chi connectivity index (χ4n) is 2.32. The molecule has 0 bridgehead atoms. The van der Waals surface area contributed by atoms with Gasteiger partial charge in [0.25, 0.3) is 0 Å².